The summed E-state index contributed by atoms with van der Waals surface area (Å²) in [6.07, 6.45) is 5.49. The molecule has 1 unspecified atom stereocenters. The largest absolute Gasteiger partial charge is 0.336 e. The Labute approximate surface area is 101 Å². The maximum atomic E-state index is 4.16. The molecule has 2 aromatic rings. The van der Waals surface area contributed by atoms with Gasteiger partial charge in [0.15, 0.2) is 0 Å². The van der Waals surface area contributed by atoms with Gasteiger partial charge in [-0.15, -0.1) is 5.10 Å². The topological polar surface area (TPSA) is 60.6 Å². The number of imidazole rings is 1. The van der Waals surface area contributed by atoms with Crippen LogP contribution in [0.4, 0.5) is 0 Å². The van der Waals surface area contributed by atoms with E-state index < -0.39 is 0 Å². The van der Waals surface area contributed by atoms with Gasteiger partial charge in [0.05, 0.1) is 36.2 Å². The molecule has 0 amide bonds. The number of aryl methyl sites for hydroxylation is 2. The van der Waals surface area contributed by atoms with E-state index in [1.54, 1.807) is 6.33 Å². The first kappa shape index (κ1) is 11.8. The molecule has 0 aromatic carbocycles. The second kappa shape index (κ2) is 5.09. The highest BCUT2D eigenvalue weighted by Gasteiger charge is 2.20. The number of aromatic nitrogens is 5. The molecule has 6 nitrogen and oxygen atoms in total. The predicted octanol–water partition coefficient (Wildman–Crippen LogP) is 0.730. The minimum atomic E-state index is 0.0856. The minimum absolute atomic E-state index is 0.0856. The lowest BCUT2D eigenvalue weighted by Gasteiger charge is -2.18. The highest BCUT2D eigenvalue weighted by molar-refractivity contribution is 5.18. The molecule has 2 rings (SSSR count). The average molecular weight is 234 g/mol. The van der Waals surface area contributed by atoms with Crippen molar-refractivity contribution in [3.63, 3.8) is 0 Å². The fraction of sp³-hybridized carbons (Fsp3) is 0.545. The monoisotopic (exact) mass is 234 g/mol. The number of nitrogens with one attached hydrogen (secondary N) is 1. The van der Waals surface area contributed by atoms with Gasteiger partial charge in [0.2, 0.25) is 0 Å². The molecule has 92 valence electrons. The zero-order valence-corrected chi connectivity index (χ0v) is 10.5. The SMILES string of the molecule is CCNC(c1cncn1C)c1cnnn1CC. The van der Waals surface area contributed by atoms with Gasteiger partial charge in [-0.1, -0.05) is 12.1 Å². The Morgan fingerprint density at radius 2 is 2.12 bits per heavy atom. The maximum Gasteiger partial charge on any atom is 0.0946 e. The smallest absolute Gasteiger partial charge is 0.0946 e. The lowest BCUT2D eigenvalue weighted by Crippen LogP contribution is -2.26. The van der Waals surface area contributed by atoms with Gasteiger partial charge < -0.3 is 9.88 Å². The molecule has 2 heterocycles. The van der Waals surface area contributed by atoms with Crippen molar-refractivity contribution in [3.8, 4) is 0 Å². The van der Waals surface area contributed by atoms with Crippen molar-refractivity contribution in [2.24, 2.45) is 7.05 Å². The molecule has 0 aliphatic heterocycles. The molecular formula is C11H18N6. The summed E-state index contributed by atoms with van der Waals surface area (Å²) >= 11 is 0. The van der Waals surface area contributed by atoms with Crippen molar-refractivity contribution in [2.45, 2.75) is 26.4 Å². The van der Waals surface area contributed by atoms with Crippen molar-refractivity contribution in [3.05, 3.63) is 30.1 Å². The summed E-state index contributed by atoms with van der Waals surface area (Å²) in [6.45, 7) is 5.84. The van der Waals surface area contributed by atoms with Crippen LogP contribution in [0.5, 0.6) is 0 Å². The first-order valence-corrected chi connectivity index (χ1v) is 5.85. The lowest BCUT2D eigenvalue weighted by atomic mass is 10.1. The molecule has 0 saturated heterocycles. The summed E-state index contributed by atoms with van der Waals surface area (Å²) < 4.78 is 3.92. The Morgan fingerprint density at radius 3 is 2.71 bits per heavy atom. The van der Waals surface area contributed by atoms with Crippen molar-refractivity contribution in [1.29, 1.82) is 0 Å². The third-order valence-electron chi connectivity index (χ3n) is 2.80. The van der Waals surface area contributed by atoms with Gasteiger partial charge in [0, 0.05) is 13.6 Å². The highest BCUT2D eigenvalue weighted by Crippen LogP contribution is 2.20. The van der Waals surface area contributed by atoms with Crippen LogP contribution in [-0.2, 0) is 13.6 Å². The molecule has 0 radical (unpaired) electrons. The van der Waals surface area contributed by atoms with Crippen LogP contribution in [0.15, 0.2) is 18.7 Å². The van der Waals surface area contributed by atoms with Crippen LogP contribution in [0.2, 0.25) is 0 Å². The van der Waals surface area contributed by atoms with E-state index in [9.17, 15) is 0 Å². The van der Waals surface area contributed by atoms with Gasteiger partial charge in [-0.25, -0.2) is 9.67 Å². The summed E-state index contributed by atoms with van der Waals surface area (Å²) in [5, 5.41) is 11.5. The van der Waals surface area contributed by atoms with Crippen molar-refractivity contribution in [1.82, 2.24) is 29.9 Å². The first-order valence-electron chi connectivity index (χ1n) is 5.85. The molecule has 6 heteroatoms. The summed E-state index contributed by atoms with van der Waals surface area (Å²) in [6, 6.07) is 0.0856. The molecule has 1 N–H and O–H groups in total. The normalized spacial score (nSPS) is 12.9. The quantitative estimate of drug-likeness (QED) is 0.828. The van der Waals surface area contributed by atoms with E-state index in [1.807, 2.05) is 28.7 Å². The number of hydrogen-bond donors (Lipinski definition) is 1. The Kier molecular flexibility index (Phi) is 3.53. The van der Waals surface area contributed by atoms with Crippen LogP contribution in [0.1, 0.15) is 31.3 Å². The molecule has 0 aliphatic rings. The van der Waals surface area contributed by atoms with Gasteiger partial charge in [0.1, 0.15) is 0 Å². The van der Waals surface area contributed by atoms with Gasteiger partial charge in [0.25, 0.3) is 0 Å². The van der Waals surface area contributed by atoms with E-state index in [2.05, 4.69) is 34.5 Å². The fourth-order valence-electron chi connectivity index (χ4n) is 1.95. The third kappa shape index (κ3) is 2.21. The van der Waals surface area contributed by atoms with Gasteiger partial charge in [-0.05, 0) is 13.5 Å². The summed E-state index contributed by atoms with van der Waals surface area (Å²) in [7, 11) is 1.99. The Balaban J connectivity index is 2.39. The molecular weight excluding hydrogens is 216 g/mol. The molecule has 0 spiro atoms. The van der Waals surface area contributed by atoms with Crippen LogP contribution < -0.4 is 5.32 Å². The molecule has 0 aliphatic carbocycles. The number of nitrogens with zero attached hydrogens (tertiary/aromatic N) is 5. The first-order chi connectivity index (χ1) is 8.27. The third-order valence-corrected chi connectivity index (χ3v) is 2.80. The van der Waals surface area contributed by atoms with Crippen molar-refractivity contribution < 1.29 is 0 Å². The van der Waals surface area contributed by atoms with Gasteiger partial charge >= 0.3 is 0 Å². The van der Waals surface area contributed by atoms with E-state index >= 15 is 0 Å². The zero-order chi connectivity index (χ0) is 12.3. The second-order valence-corrected chi connectivity index (χ2v) is 3.89. The molecule has 2 aromatic heterocycles. The molecule has 0 saturated carbocycles. The van der Waals surface area contributed by atoms with Crippen LogP contribution in [-0.4, -0.2) is 31.1 Å². The minimum Gasteiger partial charge on any atom is -0.336 e. The number of hydrogen-bond acceptors (Lipinski definition) is 4. The van der Waals surface area contributed by atoms with Crippen LogP contribution >= 0.6 is 0 Å². The molecule has 17 heavy (non-hydrogen) atoms. The molecule has 0 fully saturated rings. The molecule has 0 bridgehead atoms. The van der Waals surface area contributed by atoms with E-state index in [4.69, 9.17) is 0 Å². The number of rotatable bonds is 5. The van der Waals surface area contributed by atoms with Crippen LogP contribution in [0.3, 0.4) is 0 Å². The van der Waals surface area contributed by atoms with Crippen molar-refractivity contribution in [2.75, 3.05) is 6.54 Å². The van der Waals surface area contributed by atoms with E-state index in [1.165, 1.54) is 0 Å². The maximum absolute atomic E-state index is 4.16. The van der Waals surface area contributed by atoms with E-state index in [-0.39, 0.29) is 6.04 Å². The fourth-order valence-corrected chi connectivity index (χ4v) is 1.95. The standard InChI is InChI=1S/C11H18N6/c1-4-13-11(9-6-12-8-16(9)3)10-7-14-15-17(10)5-2/h6-8,11,13H,4-5H2,1-3H3. The summed E-state index contributed by atoms with van der Waals surface area (Å²) in [5.41, 5.74) is 2.18. The van der Waals surface area contributed by atoms with Gasteiger partial charge in [-0.3, -0.25) is 0 Å². The second-order valence-electron chi connectivity index (χ2n) is 3.89. The Bertz CT molecular complexity index is 472. The zero-order valence-electron chi connectivity index (χ0n) is 10.5. The van der Waals surface area contributed by atoms with Crippen molar-refractivity contribution >= 4 is 0 Å². The summed E-state index contributed by atoms with van der Waals surface area (Å²) in [4.78, 5) is 4.16. The predicted molar refractivity (Wildman–Crippen MR) is 64.4 cm³/mol. The van der Waals surface area contributed by atoms with E-state index in [0.717, 1.165) is 24.5 Å². The summed E-state index contributed by atoms with van der Waals surface area (Å²) in [5.74, 6) is 0. The van der Waals surface area contributed by atoms with Crippen LogP contribution in [0.25, 0.3) is 0 Å². The van der Waals surface area contributed by atoms with Crippen LogP contribution in [0, 0.1) is 0 Å². The molecule has 1 atom stereocenters. The Morgan fingerprint density at radius 1 is 1.29 bits per heavy atom. The highest BCUT2D eigenvalue weighted by atomic mass is 15.4. The lowest BCUT2D eigenvalue weighted by molar-refractivity contribution is 0.518. The van der Waals surface area contributed by atoms with E-state index in [0.29, 0.717) is 0 Å². The average Bonchev–Trinajstić information content (AvgIpc) is 2.94. The Hall–Kier alpha value is -1.69. The van der Waals surface area contributed by atoms with Gasteiger partial charge in [-0.2, -0.15) is 0 Å².